The standard InChI is InChI=1S/C9H15ClN4/c1-8(5-10)6-11-4-3-9-12-7-14(2)13-9/h5,7,11H,3-4,6H2,1-2H3. The maximum atomic E-state index is 5.52. The fraction of sp³-hybridized carbons (Fsp3) is 0.556. The SMILES string of the molecule is CC(=CCl)CNCCc1ncn(C)n1. The van der Waals surface area contributed by atoms with Crippen molar-refractivity contribution in [3.8, 4) is 0 Å². The minimum atomic E-state index is 0.816. The topological polar surface area (TPSA) is 42.7 Å². The van der Waals surface area contributed by atoms with Crippen LogP contribution in [0.15, 0.2) is 17.4 Å². The van der Waals surface area contributed by atoms with Gasteiger partial charge in [-0.1, -0.05) is 11.6 Å². The summed E-state index contributed by atoms with van der Waals surface area (Å²) in [6.07, 6.45) is 2.55. The Balaban J connectivity index is 2.16. The summed E-state index contributed by atoms with van der Waals surface area (Å²) in [5, 5.41) is 7.42. The molecule has 4 nitrogen and oxygen atoms in total. The van der Waals surface area contributed by atoms with Crippen molar-refractivity contribution in [2.75, 3.05) is 13.1 Å². The van der Waals surface area contributed by atoms with Crippen molar-refractivity contribution in [3.63, 3.8) is 0 Å². The van der Waals surface area contributed by atoms with E-state index in [0.29, 0.717) is 0 Å². The molecule has 0 aliphatic carbocycles. The fourth-order valence-electron chi connectivity index (χ4n) is 1.02. The van der Waals surface area contributed by atoms with Gasteiger partial charge in [-0.2, -0.15) is 5.10 Å². The van der Waals surface area contributed by atoms with Crippen LogP contribution in [0, 0.1) is 0 Å². The average molecular weight is 215 g/mol. The quantitative estimate of drug-likeness (QED) is 0.747. The monoisotopic (exact) mass is 214 g/mol. The summed E-state index contributed by atoms with van der Waals surface area (Å²) < 4.78 is 1.71. The molecule has 1 N–H and O–H groups in total. The molecular formula is C9H15ClN4. The molecule has 1 rings (SSSR count). The van der Waals surface area contributed by atoms with Crippen molar-refractivity contribution in [2.45, 2.75) is 13.3 Å². The Bertz CT molecular complexity index is 306. The first-order chi connectivity index (χ1) is 6.72. The minimum Gasteiger partial charge on any atom is -0.313 e. The molecule has 0 saturated carbocycles. The molecule has 0 aromatic carbocycles. The molecule has 0 amide bonds. The van der Waals surface area contributed by atoms with Crippen LogP contribution in [-0.2, 0) is 13.5 Å². The molecule has 0 spiro atoms. The van der Waals surface area contributed by atoms with Gasteiger partial charge in [0, 0.05) is 32.1 Å². The number of nitrogens with zero attached hydrogens (tertiary/aromatic N) is 3. The zero-order valence-corrected chi connectivity index (χ0v) is 9.25. The van der Waals surface area contributed by atoms with Gasteiger partial charge in [-0.05, 0) is 12.5 Å². The summed E-state index contributed by atoms with van der Waals surface area (Å²) in [5.41, 5.74) is 2.71. The zero-order chi connectivity index (χ0) is 10.4. The van der Waals surface area contributed by atoms with Crippen LogP contribution < -0.4 is 5.32 Å². The predicted octanol–water partition coefficient (Wildman–Crippen LogP) is 1.09. The highest BCUT2D eigenvalue weighted by Gasteiger charge is 1.97. The van der Waals surface area contributed by atoms with Crippen LogP contribution in [0.1, 0.15) is 12.7 Å². The van der Waals surface area contributed by atoms with Gasteiger partial charge in [0.05, 0.1) is 0 Å². The van der Waals surface area contributed by atoms with Crippen LogP contribution in [0.3, 0.4) is 0 Å². The van der Waals surface area contributed by atoms with Crippen molar-refractivity contribution in [3.05, 3.63) is 23.3 Å². The van der Waals surface area contributed by atoms with E-state index in [0.717, 1.165) is 30.9 Å². The molecule has 0 atom stereocenters. The van der Waals surface area contributed by atoms with Crippen LogP contribution in [-0.4, -0.2) is 27.9 Å². The molecule has 0 unspecified atom stereocenters. The molecule has 1 aromatic heterocycles. The lowest BCUT2D eigenvalue weighted by molar-refractivity contribution is 0.688. The van der Waals surface area contributed by atoms with Crippen molar-refractivity contribution >= 4 is 11.6 Å². The Labute approximate surface area is 89.0 Å². The third-order valence-electron chi connectivity index (χ3n) is 1.76. The van der Waals surface area contributed by atoms with Crippen molar-refractivity contribution in [2.24, 2.45) is 7.05 Å². The second kappa shape index (κ2) is 5.78. The highest BCUT2D eigenvalue weighted by Crippen LogP contribution is 1.93. The zero-order valence-electron chi connectivity index (χ0n) is 8.50. The maximum absolute atomic E-state index is 5.52. The largest absolute Gasteiger partial charge is 0.313 e. The molecule has 1 heterocycles. The van der Waals surface area contributed by atoms with Crippen LogP contribution in [0.25, 0.3) is 0 Å². The predicted molar refractivity (Wildman–Crippen MR) is 57.2 cm³/mol. The van der Waals surface area contributed by atoms with Crippen LogP contribution in [0.4, 0.5) is 0 Å². The van der Waals surface area contributed by atoms with Crippen LogP contribution in [0.2, 0.25) is 0 Å². The van der Waals surface area contributed by atoms with E-state index in [9.17, 15) is 0 Å². The lowest BCUT2D eigenvalue weighted by Crippen LogP contribution is -2.19. The van der Waals surface area contributed by atoms with Gasteiger partial charge < -0.3 is 5.32 Å². The van der Waals surface area contributed by atoms with E-state index in [1.54, 1.807) is 16.5 Å². The van der Waals surface area contributed by atoms with Gasteiger partial charge in [-0.15, -0.1) is 0 Å². The maximum Gasteiger partial charge on any atom is 0.151 e. The first-order valence-corrected chi connectivity index (χ1v) is 4.97. The van der Waals surface area contributed by atoms with E-state index in [1.807, 2.05) is 14.0 Å². The molecule has 5 heteroatoms. The van der Waals surface area contributed by atoms with E-state index < -0.39 is 0 Å². The summed E-state index contributed by atoms with van der Waals surface area (Å²) in [6, 6.07) is 0. The Morgan fingerprint density at radius 1 is 1.71 bits per heavy atom. The number of rotatable bonds is 5. The first-order valence-electron chi connectivity index (χ1n) is 4.53. The van der Waals surface area contributed by atoms with Crippen LogP contribution in [0.5, 0.6) is 0 Å². The fourth-order valence-corrected chi connectivity index (χ4v) is 1.10. The third kappa shape index (κ3) is 3.89. The molecule has 14 heavy (non-hydrogen) atoms. The second-order valence-corrected chi connectivity index (χ2v) is 3.43. The number of hydrogen-bond acceptors (Lipinski definition) is 3. The summed E-state index contributed by atoms with van der Waals surface area (Å²) >= 11 is 5.52. The average Bonchev–Trinajstić information content (AvgIpc) is 2.58. The molecule has 0 saturated heterocycles. The van der Waals surface area contributed by atoms with Gasteiger partial charge in [0.1, 0.15) is 6.33 Å². The van der Waals surface area contributed by atoms with E-state index in [1.165, 1.54) is 0 Å². The second-order valence-electron chi connectivity index (χ2n) is 3.22. The molecule has 0 aliphatic heterocycles. The molecule has 0 fully saturated rings. The summed E-state index contributed by atoms with van der Waals surface area (Å²) in [7, 11) is 1.87. The highest BCUT2D eigenvalue weighted by molar-refractivity contribution is 6.25. The van der Waals surface area contributed by atoms with E-state index >= 15 is 0 Å². The molecule has 0 aliphatic rings. The smallest absolute Gasteiger partial charge is 0.151 e. The Hall–Kier alpha value is -0.870. The molecule has 1 aromatic rings. The third-order valence-corrected chi connectivity index (χ3v) is 2.14. The van der Waals surface area contributed by atoms with E-state index in [-0.39, 0.29) is 0 Å². The van der Waals surface area contributed by atoms with Gasteiger partial charge >= 0.3 is 0 Å². The lowest BCUT2D eigenvalue weighted by atomic mass is 10.3. The number of hydrogen-bond donors (Lipinski definition) is 1. The highest BCUT2D eigenvalue weighted by atomic mass is 35.5. The number of halogens is 1. The molecule has 78 valence electrons. The van der Waals surface area contributed by atoms with Crippen molar-refractivity contribution in [1.29, 1.82) is 0 Å². The number of aromatic nitrogens is 3. The summed E-state index contributed by atoms with van der Waals surface area (Å²) in [4.78, 5) is 4.12. The van der Waals surface area contributed by atoms with Gasteiger partial charge in [-0.3, -0.25) is 4.68 Å². The van der Waals surface area contributed by atoms with Crippen LogP contribution >= 0.6 is 11.6 Å². The Kier molecular flexibility index (Phi) is 4.62. The Morgan fingerprint density at radius 3 is 3.07 bits per heavy atom. The van der Waals surface area contributed by atoms with E-state index in [4.69, 9.17) is 11.6 Å². The number of nitrogens with one attached hydrogen (secondary N) is 1. The van der Waals surface area contributed by atoms with Gasteiger partial charge in [0.2, 0.25) is 0 Å². The number of aryl methyl sites for hydroxylation is 1. The molecular weight excluding hydrogens is 200 g/mol. The molecule has 0 radical (unpaired) electrons. The first kappa shape index (κ1) is 11.2. The van der Waals surface area contributed by atoms with E-state index in [2.05, 4.69) is 15.4 Å². The van der Waals surface area contributed by atoms with Gasteiger partial charge in [0.15, 0.2) is 5.82 Å². The van der Waals surface area contributed by atoms with Crippen molar-refractivity contribution in [1.82, 2.24) is 20.1 Å². The van der Waals surface area contributed by atoms with Gasteiger partial charge in [-0.25, -0.2) is 4.98 Å². The summed E-state index contributed by atoms with van der Waals surface area (Å²) in [6.45, 7) is 3.67. The minimum absolute atomic E-state index is 0.816. The van der Waals surface area contributed by atoms with Crippen molar-refractivity contribution < 1.29 is 0 Å². The Morgan fingerprint density at radius 2 is 2.50 bits per heavy atom. The summed E-state index contributed by atoms with van der Waals surface area (Å²) in [5.74, 6) is 0.868. The normalized spacial score (nSPS) is 12.1. The molecule has 0 bridgehead atoms. The van der Waals surface area contributed by atoms with Gasteiger partial charge in [0.25, 0.3) is 0 Å². The lowest BCUT2D eigenvalue weighted by Gasteiger charge is -2.01.